The van der Waals surface area contributed by atoms with Gasteiger partial charge in [0.1, 0.15) is 4.83 Å². The van der Waals surface area contributed by atoms with Crippen molar-refractivity contribution in [2.75, 3.05) is 0 Å². The summed E-state index contributed by atoms with van der Waals surface area (Å²) in [5.41, 5.74) is 7.90. The highest BCUT2D eigenvalue weighted by Gasteiger charge is 2.44. The predicted molar refractivity (Wildman–Crippen MR) is 201 cm³/mol. The molecule has 0 amide bonds. The van der Waals surface area contributed by atoms with Crippen molar-refractivity contribution < 1.29 is 9.59 Å². The highest BCUT2D eigenvalue weighted by atomic mass is 32.1. The molecule has 0 N–H and O–H groups in total. The van der Waals surface area contributed by atoms with Crippen LogP contribution in [0.25, 0.3) is 42.6 Å². The second-order valence-corrected chi connectivity index (χ2v) is 17.1. The zero-order valence-electron chi connectivity index (χ0n) is 27.6. The van der Waals surface area contributed by atoms with E-state index in [2.05, 4.69) is 112 Å². The second kappa shape index (κ2) is 10.2. The maximum absolute atomic E-state index is 13.1. The minimum atomic E-state index is -0.189. The van der Waals surface area contributed by atoms with Crippen LogP contribution in [0, 0.1) is 5.92 Å². The smallest absolute Gasteiger partial charge is 0.197 e. The molecule has 3 aliphatic carbocycles. The van der Waals surface area contributed by atoms with E-state index in [0.717, 1.165) is 9.75 Å². The van der Waals surface area contributed by atoms with Gasteiger partial charge in [0.25, 0.3) is 0 Å². The number of aromatic nitrogens is 1. The quantitative estimate of drug-likeness (QED) is 0.140. The fourth-order valence-electron chi connectivity index (χ4n) is 8.05. The van der Waals surface area contributed by atoms with Gasteiger partial charge in [-0.15, -0.1) is 22.7 Å². The third-order valence-corrected chi connectivity index (χ3v) is 13.0. The maximum Gasteiger partial charge on any atom is 0.197 e. The van der Waals surface area contributed by atoms with Gasteiger partial charge in [0.2, 0.25) is 0 Å². The van der Waals surface area contributed by atoms with Gasteiger partial charge in [-0.3, -0.25) is 9.59 Å². The van der Waals surface area contributed by atoms with Crippen molar-refractivity contribution in [3.8, 4) is 15.4 Å². The first-order valence-electron chi connectivity index (χ1n) is 16.6. The summed E-state index contributed by atoms with van der Waals surface area (Å²) >= 11 is 3.43. The summed E-state index contributed by atoms with van der Waals surface area (Å²) in [6.45, 7) is 11.6. The molecule has 6 aromatic rings. The van der Waals surface area contributed by atoms with Crippen molar-refractivity contribution in [2.24, 2.45) is 5.92 Å². The number of Topliss-reactive ketones (excluding diaryl/α,β-unsaturated/α-hetero) is 2. The van der Waals surface area contributed by atoms with Gasteiger partial charge < -0.3 is 4.57 Å². The Morgan fingerprint density at radius 2 is 1.52 bits per heavy atom. The van der Waals surface area contributed by atoms with Crippen LogP contribution in [0.2, 0.25) is 0 Å². The van der Waals surface area contributed by atoms with Gasteiger partial charge in [-0.05, 0) is 82.0 Å². The second-order valence-electron chi connectivity index (χ2n) is 14.9. The summed E-state index contributed by atoms with van der Waals surface area (Å²) in [6.07, 6.45) is 10.9. The van der Waals surface area contributed by atoms with Crippen LogP contribution in [0.3, 0.4) is 0 Å². The predicted octanol–water partition coefficient (Wildman–Crippen LogP) is 11.5. The summed E-state index contributed by atoms with van der Waals surface area (Å²) in [6, 6.07) is 27.6. The van der Waals surface area contributed by atoms with E-state index in [1.807, 2.05) is 29.5 Å². The van der Waals surface area contributed by atoms with Crippen LogP contribution >= 0.6 is 22.7 Å². The van der Waals surface area contributed by atoms with E-state index in [0.29, 0.717) is 23.0 Å². The molecule has 3 aromatic carbocycles. The Kier molecular flexibility index (Phi) is 6.29. The van der Waals surface area contributed by atoms with Crippen LogP contribution in [0.5, 0.6) is 0 Å². The SMILES string of the molecule is CC(C)(C)c1ccc2c(c1)c1cc(-c3ccc(C=C4C(=O)c5ccccc5C4=O)s3)sc1n2-c1ccc2c(c1)C(C)(C)C1C=CC=C[C@H]21. The number of carbonyl (C=O) groups excluding carboxylic acids is 2. The lowest BCUT2D eigenvalue weighted by molar-refractivity contribution is 0.0990. The fourth-order valence-corrected chi connectivity index (χ4v) is 10.3. The molecule has 5 heteroatoms. The van der Waals surface area contributed by atoms with Crippen LogP contribution in [0.4, 0.5) is 0 Å². The third kappa shape index (κ3) is 4.23. The van der Waals surface area contributed by atoms with E-state index in [1.165, 1.54) is 48.4 Å². The third-order valence-electron chi connectivity index (χ3n) is 10.7. The Hall–Kier alpha value is -4.58. The zero-order chi connectivity index (χ0) is 33.1. The van der Waals surface area contributed by atoms with E-state index >= 15 is 0 Å². The van der Waals surface area contributed by atoms with Crippen LogP contribution in [0.15, 0.2) is 109 Å². The molecule has 0 radical (unpaired) electrons. The normalized spacial score (nSPS) is 19.4. The van der Waals surface area contributed by atoms with Crippen LogP contribution in [-0.2, 0) is 10.8 Å². The summed E-state index contributed by atoms with van der Waals surface area (Å²) in [5, 5.41) is 2.51. The Morgan fingerprint density at radius 3 is 2.27 bits per heavy atom. The van der Waals surface area contributed by atoms with Gasteiger partial charge in [-0.1, -0.05) is 95.3 Å². The summed E-state index contributed by atoms with van der Waals surface area (Å²) in [4.78, 5) is 30.6. The molecule has 2 atom stereocenters. The summed E-state index contributed by atoms with van der Waals surface area (Å²) < 4.78 is 2.46. The summed E-state index contributed by atoms with van der Waals surface area (Å²) in [5.74, 6) is 0.506. The van der Waals surface area contributed by atoms with Crippen molar-refractivity contribution in [1.29, 1.82) is 0 Å². The standard InChI is InChI=1S/C43H35NO2S2/c1-42(2,3)24-14-18-36-31(20-24)32-23-38(37-19-16-26(47-37)22-33-39(45)29-11-6-7-12-30(29)40(33)46)48-41(32)44(36)25-15-17-28-27-10-8-9-13-34(27)43(4,5)35(28)21-25/h6-23,27,34H,1-5H3/t27-,34?/m1/s1. The highest BCUT2D eigenvalue weighted by molar-refractivity contribution is 7.26. The van der Waals surface area contributed by atoms with Crippen molar-refractivity contribution in [3.05, 3.63) is 141 Å². The van der Waals surface area contributed by atoms with E-state index in [1.54, 1.807) is 29.5 Å². The van der Waals surface area contributed by atoms with Crippen molar-refractivity contribution in [3.63, 3.8) is 0 Å². The molecule has 0 fully saturated rings. The number of nitrogens with zero attached hydrogens (tertiary/aromatic N) is 1. The molecule has 48 heavy (non-hydrogen) atoms. The molecule has 3 aliphatic rings. The Balaban J connectivity index is 1.18. The van der Waals surface area contributed by atoms with Crippen LogP contribution in [0.1, 0.15) is 82.8 Å². The first-order chi connectivity index (χ1) is 23.0. The fraction of sp³-hybridized carbons (Fsp3) is 0.209. The molecule has 0 spiro atoms. The van der Waals surface area contributed by atoms with Gasteiger partial charge in [0.15, 0.2) is 11.6 Å². The number of hydrogen-bond acceptors (Lipinski definition) is 4. The monoisotopic (exact) mass is 661 g/mol. The Bertz CT molecular complexity index is 2430. The van der Waals surface area contributed by atoms with Gasteiger partial charge in [0.05, 0.1) is 11.1 Å². The topological polar surface area (TPSA) is 39.1 Å². The average Bonchev–Trinajstić information content (AvgIpc) is 3.87. The van der Waals surface area contributed by atoms with Gasteiger partial charge in [-0.2, -0.15) is 0 Å². The molecule has 0 saturated carbocycles. The van der Waals surface area contributed by atoms with E-state index < -0.39 is 0 Å². The average molecular weight is 662 g/mol. The minimum Gasteiger partial charge on any atom is -0.301 e. The highest BCUT2D eigenvalue weighted by Crippen LogP contribution is 2.54. The first-order valence-corrected chi connectivity index (χ1v) is 18.2. The first kappa shape index (κ1) is 29.6. The molecule has 9 rings (SSSR count). The molecule has 0 bridgehead atoms. The Morgan fingerprint density at radius 1 is 0.771 bits per heavy atom. The number of carbonyl (C=O) groups is 2. The molecule has 0 saturated heterocycles. The largest absolute Gasteiger partial charge is 0.301 e. The number of benzene rings is 3. The molecule has 1 unspecified atom stereocenters. The van der Waals surface area contributed by atoms with Crippen molar-refractivity contribution >= 4 is 61.4 Å². The van der Waals surface area contributed by atoms with Gasteiger partial charge in [0, 0.05) is 48.1 Å². The van der Waals surface area contributed by atoms with Crippen molar-refractivity contribution in [2.45, 2.75) is 51.4 Å². The van der Waals surface area contributed by atoms with Crippen molar-refractivity contribution in [1.82, 2.24) is 4.57 Å². The number of ketones is 2. The van der Waals surface area contributed by atoms with Crippen LogP contribution < -0.4 is 0 Å². The molecule has 3 nitrogen and oxygen atoms in total. The van der Waals surface area contributed by atoms with E-state index in [4.69, 9.17) is 0 Å². The number of allylic oxidation sites excluding steroid dienone is 5. The number of thiophene rings is 2. The molecular weight excluding hydrogens is 627 g/mol. The minimum absolute atomic E-state index is 0.0291. The van der Waals surface area contributed by atoms with Gasteiger partial charge in [-0.25, -0.2) is 0 Å². The van der Waals surface area contributed by atoms with E-state index in [9.17, 15) is 9.59 Å². The molecule has 0 aliphatic heterocycles. The zero-order valence-corrected chi connectivity index (χ0v) is 29.3. The van der Waals surface area contributed by atoms with E-state index in [-0.39, 0.29) is 28.0 Å². The molecule has 3 heterocycles. The lowest BCUT2D eigenvalue weighted by Crippen LogP contribution is -2.24. The molecular formula is C43H35NO2S2. The number of fused-ring (bicyclic) bond motifs is 7. The summed E-state index contributed by atoms with van der Waals surface area (Å²) in [7, 11) is 0. The molecule has 236 valence electrons. The number of rotatable bonds is 3. The maximum atomic E-state index is 13.1. The van der Waals surface area contributed by atoms with Crippen LogP contribution in [-0.4, -0.2) is 16.1 Å². The van der Waals surface area contributed by atoms with Gasteiger partial charge >= 0.3 is 0 Å². The molecule has 3 aromatic heterocycles. The lowest BCUT2D eigenvalue weighted by Gasteiger charge is -2.29. The number of hydrogen-bond donors (Lipinski definition) is 0. The lowest BCUT2D eigenvalue weighted by atomic mass is 9.74. The Labute approximate surface area is 288 Å².